The van der Waals surface area contributed by atoms with Gasteiger partial charge in [-0.25, -0.2) is 15.0 Å². The summed E-state index contributed by atoms with van der Waals surface area (Å²) in [6.45, 7) is 7.51. The van der Waals surface area contributed by atoms with Crippen LogP contribution < -0.4 is 9.47 Å². The van der Waals surface area contributed by atoms with E-state index in [1.165, 1.54) is 5.56 Å². The SMILES string of the molecule is CCCCn1c(Sc2cc3c(cc2CC)OCO3)nc2c(C)ncnc21. The molecule has 0 saturated carbocycles. The molecule has 0 spiro atoms. The molecule has 136 valence electrons. The van der Waals surface area contributed by atoms with Crippen molar-refractivity contribution in [3.63, 3.8) is 0 Å². The summed E-state index contributed by atoms with van der Waals surface area (Å²) in [6.07, 6.45) is 4.75. The molecule has 7 heteroatoms. The molecule has 0 amide bonds. The highest BCUT2D eigenvalue weighted by atomic mass is 32.2. The van der Waals surface area contributed by atoms with Gasteiger partial charge in [0.15, 0.2) is 22.3 Å². The third-order valence-corrected chi connectivity index (χ3v) is 5.65. The Bertz CT molecular complexity index is 954. The van der Waals surface area contributed by atoms with Crippen LogP contribution in [0, 0.1) is 6.92 Å². The largest absolute Gasteiger partial charge is 0.454 e. The van der Waals surface area contributed by atoms with Crippen LogP contribution in [-0.4, -0.2) is 26.3 Å². The molecular weight excluding hydrogens is 348 g/mol. The molecule has 0 saturated heterocycles. The van der Waals surface area contributed by atoms with Crippen molar-refractivity contribution in [1.29, 1.82) is 0 Å². The predicted molar refractivity (Wildman–Crippen MR) is 101 cm³/mol. The third-order valence-electron chi connectivity index (χ3n) is 4.55. The number of nitrogens with zero attached hydrogens (tertiary/aromatic N) is 4. The molecule has 0 atom stereocenters. The number of aromatic nitrogens is 4. The van der Waals surface area contributed by atoms with E-state index in [1.807, 2.05) is 6.92 Å². The fraction of sp³-hybridized carbons (Fsp3) is 0.421. The number of benzene rings is 1. The second-order valence-corrected chi connectivity index (χ2v) is 7.31. The van der Waals surface area contributed by atoms with E-state index in [0.717, 1.165) is 64.2 Å². The van der Waals surface area contributed by atoms with Crippen LogP contribution >= 0.6 is 11.8 Å². The average Bonchev–Trinajstić information content (AvgIpc) is 3.24. The number of hydrogen-bond donors (Lipinski definition) is 0. The summed E-state index contributed by atoms with van der Waals surface area (Å²) in [5.74, 6) is 1.63. The van der Waals surface area contributed by atoms with Gasteiger partial charge in [-0.2, -0.15) is 0 Å². The lowest BCUT2D eigenvalue weighted by Gasteiger charge is -2.11. The maximum Gasteiger partial charge on any atom is 0.231 e. The quantitative estimate of drug-likeness (QED) is 0.642. The van der Waals surface area contributed by atoms with Gasteiger partial charge in [0.25, 0.3) is 0 Å². The minimum absolute atomic E-state index is 0.288. The predicted octanol–water partition coefficient (Wildman–Crippen LogP) is 4.38. The van der Waals surface area contributed by atoms with Crippen molar-refractivity contribution in [2.45, 2.75) is 56.6 Å². The Morgan fingerprint density at radius 1 is 1.15 bits per heavy atom. The Morgan fingerprint density at radius 2 is 1.96 bits per heavy atom. The molecule has 1 aliphatic rings. The van der Waals surface area contributed by atoms with Crippen molar-refractivity contribution in [2.75, 3.05) is 6.79 Å². The zero-order chi connectivity index (χ0) is 18.1. The lowest BCUT2D eigenvalue weighted by Crippen LogP contribution is -2.01. The van der Waals surface area contributed by atoms with E-state index in [-0.39, 0.29) is 6.79 Å². The van der Waals surface area contributed by atoms with Crippen LogP contribution in [0.4, 0.5) is 0 Å². The van der Waals surface area contributed by atoms with E-state index < -0.39 is 0 Å². The summed E-state index contributed by atoms with van der Waals surface area (Å²) in [6, 6.07) is 4.14. The highest BCUT2D eigenvalue weighted by Crippen LogP contribution is 2.41. The van der Waals surface area contributed by atoms with E-state index in [4.69, 9.17) is 14.5 Å². The molecule has 0 bridgehead atoms. The topological polar surface area (TPSA) is 62.1 Å². The minimum atomic E-state index is 0.288. The number of hydrogen-bond acceptors (Lipinski definition) is 6. The van der Waals surface area contributed by atoms with E-state index >= 15 is 0 Å². The number of ether oxygens (including phenoxy) is 2. The monoisotopic (exact) mass is 370 g/mol. The maximum atomic E-state index is 5.56. The molecule has 1 aromatic carbocycles. The van der Waals surface area contributed by atoms with Crippen molar-refractivity contribution in [3.05, 3.63) is 29.7 Å². The van der Waals surface area contributed by atoms with Gasteiger partial charge in [0.05, 0.1) is 5.69 Å². The maximum absolute atomic E-state index is 5.56. The molecule has 0 N–H and O–H groups in total. The van der Waals surface area contributed by atoms with Crippen molar-refractivity contribution in [1.82, 2.24) is 19.5 Å². The highest BCUT2D eigenvalue weighted by molar-refractivity contribution is 7.99. The number of imidazole rings is 1. The molecule has 26 heavy (non-hydrogen) atoms. The second kappa shape index (κ2) is 7.15. The van der Waals surface area contributed by atoms with Crippen LogP contribution in [0.25, 0.3) is 11.2 Å². The molecule has 0 radical (unpaired) electrons. The Labute approximate surface area is 157 Å². The van der Waals surface area contributed by atoms with E-state index in [1.54, 1.807) is 18.1 Å². The lowest BCUT2D eigenvalue weighted by atomic mass is 10.1. The van der Waals surface area contributed by atoms with Crippen LogP contribution in [0.3, 0.4) is 0 Å². The van der Waals surface area contributed by atoms with Gasteiger partial charge < -0.3 is 14.0 Å². The fourth-order valence-electron chi connectivity index (χ4n) is 3.06. The first-order valence-electron chi connectivity index (χ1n) is 8.99. The summed E-state index contributed by atoms with van der Waals surface area (Å²) in [7, 11) is 0. The second-order valence-electron chi connectivity index (χ2n) is 6.30. The fourth-order valence-corrected chi connectivity index (χ4v) is 4.18. The van der Waals surface area contributed by atoms with Crippen LogP contribution in [0.2, 0.25) is 0 Å². The summed E-state index contributed by atoms with van der Waals surface area (Å²) >= 11 is 1.66. The molecule has 4 rings (SSSR count). The minimum Gasteiger partial charge on any atom is -0.454 e. The van der Waals surface area contributed by atoms with Gasteiger partial charge in [-0.3, -0.25) is 0 Å². The number of unbranched alkanes of at least 4 members (excludes halogenated alkanes) is 1. The molecule has 3 heterocycles. The van der Waals surface area contributed by atoms with Crippen molar-refractivity contribution in [3.8, 4) is 11.5 Å². The number of aryl methyl sites for hydroxylation is 3. The van der Waals surface area contributed by atoms with Crippen LogP contribution in [0.5, 0.6) is 11.5 Å². The van der Waals surface area contributed by atoms with Gasteiger partial charge in [0.2, 0.25) is 6.79 Å². The van der Waals surface area contributed by atoms with E-state index in [2.05, 4.69) is 40.5 Å². The number of fused-ring (bicyclic) bond motifs is 2. The van der Waals surface area contributed by atoms with Crippen molar-refractivity contribution in [2.24, 2.45) is 0 Å². The summed E-state index contributed by atoms with van der Waals surface area (Å²) < 4.78 is 13.3. The van der Waals surface area contributed by atoms with Gasteiger partial charge in [-0.05, 0) is 37.5 Å². The van der Waals surface area contributed by atoms with Crippen molar-refractivity contribution >= 4 is 22.9 Å². The molecule has 6 nitrogen and oxygen atoms in total. The summed E-state index contributed by atoms with van der Waals surface area (Å²) in [5, 5.41) is 0.950. The molecule has 2 aromatic heterocycles. The molecule has 1 aliphatic heterocycles. The summed E-state index contributed by atoms with van der Waals surface area (Å²) in [5.41, 5.74) is 3.93. The van der Waals surface area contributed by atoms with Crippen molar-refractivity contribution < 1.29 is 9.47 Å². The van der Waals surface area contributed by atoms with Gasteiger partial charge in [0.1, 0.15) is 11.8 Å². The lowest BCUT2D eigenvalue weighted by molar-refractivity contribution is 0.174. The first kappa shape index (κ1) is 17.1. The Morgan fingerprint density at radius 3 is 2.73 bits per heavy atom. The zero-order valence-corrected chi connectivity index (χ0v) is 16.1. The van der Waals surface area contributed by atoms with Crippen LogP contribution in [0.1, 0.15) is 37.9 Å². The smallest absolute Gasteiger partial charge is 0.231 e. The third kappa shape index (κ3) is 3.00. The Hall–Kier alpha value is -2.28. The molecule has 0 fully saturated rings. The van der Waals surface area contributed by atoms with Gasteiger partial charge in [-0.1, -0.05) is 32.0 Å². The zero-order valence-electron chi connectivity index (χ0n) is 15.3. The first-order chi connectivity index (χ1) is 12.7. The summed E-state index contributed by atoms with van der Waals surface area (Å²) in [4.78, 5) is 14.8. The first-order valence-corrected chi connectivity index (χ1v) is 9.81. The standard InChI is InChI=1S/C19H22N4O2S/c1-4-6-7-23-18-17(12(3)20-10-21-18)22-19(23)26-16-9-15-14(24-11-25-15)8-13(16)5-2/h8-10H,4-7,11H2,1-3H3. The van der Waals surface area contributed by atoms with Crippen LogP contribution in [-0.2, 0) is 13.0 Å². The highest BCUT2D eigenvalue weighted by Gasteiger charge is 2.20. The van der Waals surface area contributed by atoms with Gasteiger partial charge in [-0.15, -0.1) is 0 Å². The van der Waals surface area contributed by atoms with Crippen LogP contribution in [0.15, 0.2) is 28.5 Å². The normalized spacial score (nSPS) is 12.9. The van der Waals surface area contributed by atoms with E-state index in [0.29, 0.717) is 0 Å². The molecule has 0 aliphatic carbocycles. The van der Waals surface area contributed by atoms with Gasteiger partial charge >= 0.3 is 0 Å². The number of rotatable bonds is 6. The average molecular weight is 370 g/mol. The Kier molecular flexibility index (Phi) is 4.72. The van der Waals surface area contributed by atoms with E-state index in [9.17, 15) is 0 Å². The van der Waals surface area contributed by atoms with Gasteiger partial charge in [0, 0.05) is 11.4 Å². The Balaban J connectivity index is 1.78. The molecular formula is C19H22N4O2S. The molecule has 0 unspecified atom stereocenters. The molecule has 3 aromatic rings.